The molecule has 170 valence electrons. The van der Waals surface area contributed by atoms with Crippen molar-refractivity contribution >= 4 is 16.8 Å². The van der Waals surface area contributed by atoms with Crippen LogP contribution in [-0.2, 0) is 11.8 Å². The molecule has 1 N–H and O–H groups in total. The maximum atomic E-state index is 13.6. The van der Waals surface area contributed by atoms with E-state index in [1.165, 1.54) is 12.1 Å². The first kappa shape index (κ1) is 21.4. The second-order valence-corrected chi connectivity index (χ2v) is 8.62. The Morgan fingerprint density at radius 1 is 1.21 bits per heavy atom. The molecule has 1 aliphatic heterocycles. The summed E-state index contributed by atoms with van der Waals surface area (Å²) < 4.78 is 23.4. The molecule has 1 aliphatic rings. The summed E-state index contributed by atoms with van der Waals surface area (Å²) in [4.78, 5) is 13.2. The molecule has 3 heterocycles. The third kappa shape index (κ3) is 4.16. The van der Waals surface area contributed by atoms with E-state index >= 15 is 0 Å². The number of halogens is 1. The maximum absolute atomic E-state index is 13.6. The number of rotatable bonds is 5. The van der Waals surface area contributed by atoms with E-state index in [0.29, 0.717) is 5.56 Å². The lowest BCUT2D eigenvalue weighted by Gasteiger charge is -2.24. The van der Waals surface area contributed by atoms with Gasteiger partial charge in [0.05, 0.1) is 17.3 Å². The summed E-state index contributed by atoms with van der Waals surface area (Å²) in [6.07, 6.45) is 6.70. The minimum Gasteiger partial charge on any atom is -0.356 e. The monoisotopic (exact) mass is 446 g/mol. The Kier molecular flexibility index (Phi) is 5.72. The number of benzene rings is 2. The largest absolute Gasteiger partial charge is 0.356 e. The number of aromatic nitrogens is 3. The number of nitrogens with zero attached hydrogens (tertiary/aromatic N) is 3. The molecule has 33 heavy (non-hydrogen) atoms. The minimum atomic E-state index is -0.323. The fourth-order valence-electron chi connectivity index (χ4n) is 4.55. The van der Waals surface area contributed by atoms with E-state index in [1.54, 1.807) is 12.3 Å². The van der Waals surface area contributed by atoms with Crippen molar-refractivity contribution < 1.29 is 13.9 Å². The number of hydrogen-bond donors (Lipinski definition) is 1. The first-order valence-corrected chi connectivity index (χ1v) is 11.3. The zero-order valence-corrected chi connectivity index (χ0v) is 18.8. The Labute approximate surface area is 192 Å². The summed E-state index contributed by atoms with van der Waals surface area (Å²) in [5.74, 6) is -0.513. The highest BCUT2D eigenvalue weighted by atomic mass is 19.1. The van der Waals surface area contributed by atoms with Crippen LogP contribution in [0.3, 0.4) is 0 Å². The number of aryl methyl sites for hydroxylation is 1. The molecule has 1 amide bonds. The van der Waals surface area contributed by atoms with E-state index in [2.05, 4.69) is 16.5 Å². The van der Waals surface area contributed by atoms with Gasteiger partial charge in [0.25, 0.3) is 5.91 Å². The highest BCUT2D eigenvalue weighted by Gasteiger charge is 2.21. The van der Waals surface area contributed by atoms with Crippen molar-refractivity contribution in [2.24, 2.45) is 7.05 Å². The van der Waals surface area contributed by atoms with Gasteiger partial charge in [0.2, 0.25) is 0 Å². The van der Waals surface area contributed by atoms with Crippen LogP contribution in [0.25, 0.3) is 22.2 Å². The first-order chi connectivity index (χ1) is 16.0. The van der Waals surface area contributed by atoms with Crippen LogP contribution in [0, 0.1) is 5.82 Å². The molecule has 4 aromatic rings. The Bertz CT molecular complexity index is 1300. The molecule has 0 radical (unpaired) electrons. The molecule has 5 rings (SSSR count). The predicted molar refractivity (Wildman–Crippen MR) is 125 cm³/mol. The normalized spacial score (nSPS) is 17.2. The SMILES string of the molecule is C[C@H](NC(=O)c1cn(C)c2ccc(-c3ccnn3C3CCCCO3)cc12)c1cccc(F)c1. The van der Waals surface area contributed by atoms with Crippen molar-refractivity contribution in [1.29, 1.82) is 0 Å². The quantitative estimate of drug-likeness (QED) is 0.448. The van der Waals surface area contributed by atoms with Crippen LogP contribution in [-0.4, -0.2) is 26.9 Å². The van der Waals surface area contributed by atoms with Crippen LogP contribution < -0.4 is 5.32 Å². The van der Waals surface area contributed by atoms with E-state index in [0.717, 1.165) is 53.6 Å². The molecule has 7 heteroatoms. The predicted octanol–water partition coefficient (Wildman–Crippen LogP) is 5.37. The van der Waals surface area contributed by atoms with Gasteiger partial charge in [0.15, 0.2) is 6.23 Å². The maximum Gasteiger partial charge on any atom is 0.253 e. The minimum absolute atomic E-state index is 0.0647. The standard InChI is InChI=1S/C26H27FN4O2/c1-17(18-6-5-7-20(27)14-18)29-26(32)22-16-30(2)24-10-9-19(15-21(22)24)23-11-12-28-31(23)25-8-3-4-13-33-25/h5-7,9-12,14-17,25H,3-4,8,13H2,1-2H3,(H,29,32)/t17-,25?/m0/s1. The highest BCUT2D eigenvalue weighted by molar-refractivity contribution is 6.08. The molecule has 0 aliphatic carbocycles. The summed E-state index contributed by atoms with van der Waals surface area (Å²) in [7, 11) is 1.93. The smallest absolute Gasteiger partial charge is 0.253 e. The van der Waals surface area contributed by atoms with Crippen molar-refractivity contribution in [2.75, 3.05) is 6.61 Å². The summed E-state index contributed by atoms with van der Waals surface area (Å²) in [5.41, 5.74) is 4.21. The van der Waals surface area contributed by atoms with Gasteiger partial charge < -0.3 is 14.6 Å². The van der Waals surface area contributed by atoms with E-state index < -0.39 is 0 Å². The van der Waals surface area contributed by atoms with Crippen LogP contribution in [0.2, 0.25) is 0 Å². The number of nitrogens with one attached hydrogen (secondary N) is 1. The van der Waals surface area contributed by atoms with Crippen LogP contribution in [0.15, 0.2) is 60.9 Å². The molecular formula is C26H27FN4O2. The fourth-order valence-corrected chi connectivity index (χ4v) is 4.55. The lowest BCUT2D eigenvalue weighted by atomic mass is 10.0. The van der Waals surface area contributed by atoms with Gasteiger partial charge in [-0.3, -0.25) is 4.79 Å². The second-order valence-electron chi connectivity index (χ2n) is 8.62. The van der Waals surface area contributed by atoms with Gasteiger partial charge in [-0.25, -0.2) is 9.07 Å². The van der Waals surface area contributed by atoms with Crippen molar-refractivity contribution in [3.05, 3.63) is 77.9 Å². The van der Waals surface area contributed by atoms with E-state index in [9.17, 15) is 9.18 Å². The highest BCUT2D eigenvalue weighted by Crippen LogP contribution is 2.31. The van der Waals surface area contributed by atoms with Crippen molar-refractivity contribution in [3.8, 4) is 11.3 Å². The average Bonchev–Trinajstić information content (AvgIpc) is 3.44. The van der Waals surface area contributed by atoms with E-state index in [-0.39, 0.29) is 24.0 Å². The number of carbonyl (C=O) groups is 1. The number of carbonyl (C=O) groups excluding carboxylic acids is 1. The zero-order valence-electron chi connectivity index (χ0n) is 18.8. The summed E-state index contributed by atoms with van der Waals surface area (Å²) >= 11 is 0. The molecule has 2 atom stereocenters. The Morgan fingerprint density at radius 2 is 2.09 bits per heavy atom. The molecular weight excluding hydrogens is 419 g/mol. The van der Waals surface area contributed by atoms with Gasteiger partial charge in [-0.05, 0) is 62.1 Å². The molecule has 6 nitrogen and oxygen atoms in total. The molecule has 1 unspecified atom stereocenters. The second kappa shape index (κ2) is 8.83. The number of fused-ring (bicyclic) bond motifs is 1. The third-order valence-corrected chi connectivity index (χ3v) is 6.32. The fraction of sp³-hybridized carbons (Fsp3) is 0.308. The van der Waals surface area contributed by atoms with Gasteiger partial charge >= 0.3 is 0 Å². The topological polar surface area (TPSA) is 61.1 Å². The van der Waals surface area contributed by atoms with Crippen molar-refractivity contribution in [1.82, 2.24) is 19.7 Å². The first-order valence-electron chi connectivity index (χ1n) is 11.3. The lowest BCUT2D eigenvalue weighted by molar-refractivity contribution is -0.0383. The van der Waals surface area contributed by atoms with Gasteiger partial charge in [-0.1, -0.05) is 18.2 Å². The number of amides is 1. The van der Waals surface area contributed by atoms with Crippen molar-refractivity contribution in [3.63, 3.8) is 0 Å². The van der Waals surface area contributed by atoms with Crippen LogP contribution >= 0.6 is 0 Å². The van der Waals surface area contributed by atoms with Gasteiger partial charge in [0.1, 0.15) is 5.82 Å². The van der Waals surface area contributed by atoms with Crippen LogP contribution in [0.1, 0.15) is 54.4 Å². The number of ether oxygens (including phenoxy) is 1. The molecule has 0 spiro atoms. The van der Waals surface area contributed by atoms with Gasteiger partial charge in [0, 0.05) is 42.5 Å². The average molecular weight is 447 g/mol. The summed E-state index contributed by atoms with van der Waals surface area (Å²) in [6, 6.07) is 14.1. The number of hydrogen-bond acceptors (Lipinski definition) is 3. The van der Waals surface area contributed by atoms with E-state index in [4.69, 9.17) is 4.74 Å². The summed E-state index contributed by atoms with van der Waals surface area (Å²) in [5, 5.41) is 8.38. The van der Waals surface area contributed by atoms with Crippen LogP contribution in [0.4, 0.5) is 4.39 Å². The van der Waals surface area contributed by atoms with E-state index in [1.807, 2.05) is 53.7 Å². The van der Waals surface area contributed by atoms with Crippen molar-refractivity contribution in [2.45, 2.75) is 38.5 Å². The molecule has 1 fully saturated rings. The van der Waals surface area contributed by atoms with Gasteiger partial charge in [-0.15, -0.1) is 0 Å². The third-order valence-electron chi connectivity index (χ3n) is 6.32. The molecule has 0 bridgehead atoms. The Balaban J connectivity index is 1.47. The molecule has 2 aromatic carbocycles. The van der Waals surface area contributed by atoms with Gasteiger partial charge in [-0.2, -0.15) is 5.10 Å². The Hall–Kier alpha value is -3.45. The Morgan fingerprint density at radius 3 is 2.88 bits per heavy atom. The summed E-state index contributed by atoms with van der Waals surface area (Å²) in [6.45, 7) is 2.60. The lowest BCUT2D eigenvalue weighted by Crippen LogP contribution is -2.26. The molecule has 1 saturated heterocycles. The molecule has 2 aromatic heterocycles. The van der Waals surface area contributed by atoms with Crippen LogP contribution in [0.5, 0.6) is 0 Å². The molecule has 0 saturated carbocycles. The zero-order chi connectivity index (χ0) is 22.9.